The molecule has 0 bridgehead atoms. The van der Waals surface area contributed by atoms with Crippen molar-refractivity contribution in [1.82, 2.24) is 0 Å². The van der Waals surface area contributed by atoms with Crippen molar-refractivity contribution in [3.8, 4) is 5.75 Å². The van der Waals surface area contributed by atoms with Gasteiger partial charge in [0.1, 0.15) is 5.75 Å². The maximum absolute atomic E-state index is 11.3. The Morgan fingerprint density at radius 2 is 1.65 bits per heavy atom. The van der Waals surface area contributed by atoms with Crippen molar-refractivity contribution in [3.63, 3.8) is 0 Å². The first-order valence-corrected chi connectivity index (χ1v) is 8.03. The molecule has 20 heavy (non-hydrogen) atoms. The van der Waals surface area contributed by atoms with E-state index < -0.39 is 41.8 Å². The van der Waals surface area contributed by atoms with Crippen LogP contribution in [0.3, 0.4) is 0 Å². The summed E-state index contributed by atoms with van der Waals surface area (Å²) in [6.45, 7) is 0. The van der Waals surface area contributed by atoms with Crippen LogP contribution in [0.4, 0.5) is 0 Å². The average Bonchev–Trinajstić information content (AvgIpc) is 2.24. The first-order valence-electron chi connectivity index (χ1n) is 5.09. The van der Waals surface area contributed by atoms with E-state index in [2.05, 4.69) is 0 Å². The van der Waals surface area contributed by atoms with E-state index in [1.54, 1.807) is 0 Å². The van der Waals surface area contributed by atoms with Gasteiger partial charge in [-0.15, -0.1) is 0 Å². The normalized spacial score (nSPS) is 18.9. The van der Waals surface area contributed by atoms with Crippen LogP contribution in [0, 0.1) is 5.41 Å². The highest BCUT2D eigenvalue weighted by Gasteiger charge is 2.34. The molecular weight excluding hydrogens is 310 g/mol. The van der Waals surface area contributed by atoms with Crippen molar-refractivity contribution in [2.75, 3.05) is 0 Å². The molecule has 0 saturated heterocycles. The number of hydrogen-bond donors (Lipinski definition) is 4. The summed E-state index contributed by atoms with van der Waals surface area (Å²) < 4.78 is 62.9. The van der Waals surface area contributed by atoms with Crippen molar-refractivity contribution in [1.29, 1.82) is 5.41 Å². The zero-order valence-corrected chi connectivity index (χ0v) is 11.3. The summed E-state index contributed by atoms with van der Waals surface area (Å²) in [5.41, 5.74) is -0.837. The minimum absolute atomic E-state index is 0.0453. The predicted molar refractivity (Wildman–Crippen MR) is 69.0 cm³/mol. The number of benzene rings is 1. The molecule has 8 nitrogen and oxygen atoms in total. The maximum atomic E-state index is 11.3. The summed E-state index contributed by atoms with van der Waals surface area (Å²) in [6.07, 6.45) is 2.27. The Morgan fingerprint density at radius 1 is 1.05 bits per heavy atom. The van der Waals surface area contributed by atoms with Gasteiger partial charge < -0.3 is 10.5 Å². The molecule has 1 aliphatic carbocycles. The van der Waals surface area contributed by atoms with E-state index in [4.69, 9.17) is 14.5 Å². The van der Waals surface area contributed by atoms with E-state index in [-0.39, 0.29) is 11.1 Å². The molecule has 1 unspecified atom stereocenters. The molecule has 4 N–H and O–H groups in total. The molecule has 1 aromatic rings. The molecule has 108 valence electrons. The topological polar surface area (TPSA) is 153 Å². The average molecular weight is 319 g/mol. The van der Waals surface area contributed by atoms with Crippen molar-refractivity contribution in [2.24, 2.45) is 0 Å². The second-order valence-corrected chi connectivity index (χ2v) is 7.03. The molecule has 0 fully saturated rings. The lowest BCUT2D eigenvalue weighted by Gasteiger charge is -2.21. The van der Waals surface area contributed by atoms with Crippen LogP contribution in [0.5, 0.6) is 5.75 Å². The van der Waals surface area contributed by atoms with Crippen molar-refractivity contribution in [3.05, 3.63) is 29.3 Å². The van der Waals surface area contributed by atoms with Gasteiger partial charge in [0.05, 0.1) is 10.6 Å². The summed E-state index contributed by atoms with van der Waals surface area (Å²) in [5, 5.41) is 15.4. The van der Waals surface area contributed by atoms with E-state index in [0.29, 0.717) is 0 Å². The first-order chi connectivity index (χ1) is 9.01. The highest BCUT2D eigenvalue weighted by atomic mass is 32.2. The van der Waals surface area contributed by atoms with Gasteiger partial charge >= 0.3 is 0 Å². The van der Waals surface area contributed by atoms with E-state index in [1.807, 2.05) is 0 Å². The number of phenolic OH excluding ortho intramolecular Hbond substituents is 1. The van der Waals surface area contributed by atoms with Crippen molar-refractivity contribution in [2.45, 2.75) is 10.1 Å². The Bertz CT molecular complexity index is 837. The molecular formula is C10H9NO7S2. The molecule has 0 aliphatic heterocycles. The third-order valence-electron chi connectivity index (χ3n) is 2.75. The summed E-state index contributed by atoms with van der Waals surface area (Å²) in [5.74, 6) is -0.590. The number of hydrogen-bond acceptors (Lipinski definition) is 6. The minimum atomic E-state index is -4.73. The second kappa shape index (κ2) is 4.38. The fourth-order valence-corrected chi connectivity index (χ4v) is 3.38. The van der Waals surface area contributed by atoms with Crippen LogP contribution in [-0.2, 0) is 20.2 Å². The summed E-state index contributed by atoms with van der Waals surface area (Å²) in [7, 11) is -9.41. The Labute approximate surface area is 114 Å². The molecule has 0 heterocycles. The zero-order valence-electron chi connectivity index (χ0n) is 9.68. The van der Waals surface area contributed by atoms with Crippen LogP contribution < -0.4 is 0 Å². The van der Waals surface area contributed by atoms with Crippen LogP contribution in [0.15, 0.2) is 23.1 Å². The van der Waals surface area contributed by atoms with Gasteiger partial charge in [-0.1, -0.05) is 0 Å². The van der Waals surface area contributed by atoms with Crippen LogP contribution in [-0.4, -0.2) is 36.8 Å². The van der Waals surface area contributed by atoms with Gasteiger partial charge in [0.15, 0.2) is 5.25 Å². The minimum Gasteiger partial charge on any atom is -0.507 e. The van der Waals surface area contributed by atoms with Gasteiger partial charge in [0.2, 0.25) is 0 Å². The fourth-order valence-electron chi connectivity index (χ4n) is 1.93. The van der Waals surface area contributed by atoms with Gasteiger partial charge in [-0.2, -0.15) is 16.8 Å². The van der Waals surface area contributed by atoms with E-state index >= 15 is 0 Å². The Hall–Kier alpha value is -1.75. The van der Waals surface area contributed by atoms with E-state index in [9.17, 15) is 21.9 Å². The maximum Gasteiger partial charge on any atom is 0.294 e. The summed E-state index contributed by atoms with van der Waals surface area (Å²) in [4.78, 5) is -0.731. The summed E-state index contributed by atoms with van der Waals surface area (Å²) in [6, 6.07) is 1.54. The lowest BCUT2D eigenvalue weighted by atomic mass is 9.95. The molecule has 0 radical (unpaired) electrons. The van der Waals surface area contributed by atoms with Gasteiger partial charge in [-0.25, -0.2) is 0 Å². The Kier molecular flexibility index (Phi) is 3.21. The number of rotatable bonds is 2. The van der Waals surface area contributed by atoms with Gasteiger partial charge in [0.25, 0.3) is 20.2 Å². The molecule has 0 saturated carbocycles. The number of phenols is 1. The number of aromatic hydroxyl groups is 1. The van der Waals surface area contributed by atoms with E-state index in [1.165, 1.54) is 6.08 Å². The fraction of sp³-hybridized carbons (Fsp3) is 0.100. The van der Waals surface area contributed by atoms with Crippen LogP contribution in [0.25, 0.3) is 6.08 Å². The number of nitrogens with one attached hydrogen (secondary N) is 1. The largest absolute Gasteiger partial charge is 0.507 e. The van der Waals surface area contributed by atoms with Crippen LogP contribution >= 0.6 is 0 Å². The third-order valence-corrected chi connectivity index (χ3v) is 4.69. The molecule has 2 rings (SSSR count). The number of allylic oxidation sites excluding steroid dienone is 1. The third kappa shape index (κ3) is 2.45. The monoisotopic (exact) mass is 319 g/mol. The quantitative estimate of drug-likeness (QED) is 0.582. The standard InChI is InChI=1S/C10H9NO7S2/c11-8-2-1-6-7(10(8)20(16,17)18)3-5(4-9(6)12)19(13,14)15/h1-4,10-12H,(H,13,14,15)(H,16,17,18). The Balaban J connectivity index is 2.84. The highest BCUT2D eigenvalue weighted by molar-refractivity contribution is 7.87. The molecule has 0 spiro atoms. The van der Waals surface area contributed by atoms with Crippen LogP contribution in [0.2, 0.25) is 0 Å². The smallest absolute Gasteiger partial charge is 0.294 e. The van der Waals surface area contributed by atoms with Crippen molar-refractivity contribution >= 4 is 32.0 Å². The van der Waals surface area contributed by atoms with Crippen LogP contribution in [0.1, 0.15) is 16.4 Å². The highest BCUT2D eigenvalue weighted by Crippen LogP contribution is 2.37. The molecule has 0 amide bonds. The predicted octanol–water partition coefficient (Wildman–Crippen LogP) is 0.614. The molecule has 1 atom stereocenters. The lowest BCUT2D eigenvalue weighted by molar-refractivity contribution is 0.462. The van der Waals surface area contributed by atoms with Gasteiger partial charge in [-0.3, -0.25) is 9.11 Å². The molecule has 1 aromatic carbocycles. The molecule has 1 aliphatic rings. The second-order valence-electron chi connectivity index (χ2n) is 4.10. The Morgan fingerprint density at radius 3 is 2.15 bits per heavy atom. The molecule has 0 aromatic heterocycles. The van der Waals surface area contributed by atoms with Crippen molar-refractivity contribution < 1.29 is 31.0 Å². The SMILES string of the molecule is N=C1C=Cc2c(O)cc(S(=O)(=O)O)cc2C1S(=O)(=O)O. The zero-order chi connectivity index (χ0) is 15.3. The lowest BCUT2D eigenvalue weighted by Crippen LogP contribution is -2.23. The van der Waals surface area contributed by atoms with Gasteiger partial charge in [-0.05, 0) is 23.8 Å². The van der Waals surface area contributed by atoms with E-state index in [0.717, 1.165) is 18.2 Å². The molecule has 10 heteroatoms. The first kappa shape index (κ1) is 14.7. The number of fused-ring (bicyclic) bond motifs is 1. The summed E-state index contributed by atoms with van der Waals surface area (Å²) >= 11 is 0. The van der Waals surface area contributed by atoms with Gasteiger partial charge in [0, 0.05) is 11.6 Å².